The van der Waals surface area contributed by atoms with Crippen LogP contribution in [-0.4, -0.2) is 25.2 Å². The van der Waals surface area contributed by atoms with Crippen LogP contribution in [0.25, 0.3) is 0 Å². The van der Waals surface area contributed by atoms with E-state index in [0.717, 1.165) is 0 Å². The third kappa shape index (κ3) is 4.25. The van der Waals surface area contributed by atoms with E-state index in [2.05, 4.69) is 10.3 Å². The number of aromatic nitrogens is 1. The van der Waals surface area contributed by atoms with Gasteiger partial charge in [-0.1, -0.05) is 0 Å². The standard InChI is InChI=1S/C10H15F3N2OS/c1-3-16-5-4-7(14-2)8-6-15-9(17-8)10(11,12)13/h6-7,14H,3-5H2,1-2H3. The Bertz CT molecular complexity index is 341. The minimum atomic E-state index is -4.36. The van der Waals surface area contributed by atoms with E-state index in [-0.39, 0.29) is 6.04 Å². The predicted octanol–water partition coefficient (Wildman–Crippen LogP) is 2.85. The van der Waals surface area contributed by atoms with E-state index in [0.29, 0.717) is 35.8 Å². The van der Waals surface area contributed by atoms with Crippen LogP contribution >= 0.6 is 11.3 Å². The Morgan fingerprint density at radius 2 is 2.24 bits per heavy atom. The number of hydrogen-bond donors (Lipinski definition) is 1. The first-order valence-electron chi connectivity index (χ1n) is 5.27. The molecule has 0 bridgehead atoms. The molecule has 1 heterocycles. The van der Waals surface area contributed by atoms with Crippen molar-refractivity contribution in [3.8, 4) is 0 Å². The highest BCUT2D eigenvalue weighted by Crippen LogP contribution is 2.34. The Balaban J connectivity index is 2.66. The molecule has 1 aromatic heterocycles. The van der Waals surface area contributed by atoms with Gasteiger partial charge >= 0.3 is 6.18 Å². The summed E-state index contributed by atoms with van der Waals surface area (Å²) in [5, 5.41) is 2.16. The lowest BCUT2D eigenvalue weighted by Crippen LogP contribution is -2.17. The lowest BCUT2D eigenvalue weighted by Gasteiger charge is -2.13. The van der Waals surface area contributed by atoms with Crippen LogP contribution in [0.3, 0.4) is 0 Å². The highest BCUT2D eigenvalue weighted by molar-refractivity contribution is 7.11. The van der Waals surface area contributed by atoms with Crippen LogP contribution in [0.15, 0.2) is 6.20 Å². The summed E-state index contributed by atoms with van der Waals surface area (Å²) >= 11 is 0.676. The largest absolute Gasteiger partial charge is 0.443 e. The first-order valence-corrected chi connectivity index (χ1v) is 6.08. The molecule has 0 spiro atoms. The summed E-state index contributed by atoms with van der Waals surface area (Å²) in [6.07, 6.45) is -2.45. The van der Waals surface area contributed by atoms with Crippen molar-refractivity contribution >= 4 is 11.3 Å². The maximum Gasteiger partial charge on any atom is 0.443 e. The lowest BCUT2D eigenvalue weighted by atomic mass is 10.2. The van der Waals surface area contributed by atoms with Gasteiger partial charge in [0, 0.05) is 30.3 Å². The van der Waals surface area contributed by atoms with E-state index in [9.17, 15) is 13.2 Å². The summed E-state index contributed by atoms with van der Waals surface area (Å²) in [6.45, 7) is 3.00. The monoisotopic (exact) mass is 268 g/mol. The molecule has 0 amide bonds. The van der Waals surface area contributed by atoms with Crippen molar-refractivity contribution in [2.45, 2.75) is 25.6 Å². The minimum Gasteiger partial charge on any atom is -0.382 e. The van der Waals surface area contributed by atoms with Crippen molar-refractivity contribution in [3.63, 3.8) is 0 Å². The highest BCUT2D eigenvalue weighted by Gasteiger charge is 2.35. The zero-order chi connectivity index (χ0) is 12.9. The van der Waals surface area contributed by atoms with E-state index in [1.807, 2.05) is 6.92 Å². The average Bonchev–Trinajstić information content (AvgIpc) is 2.73. The third-order valence-electron chi connectivity index (χ3n) is 2.21. The zero-order valence-electron chi connectivity index (χ0n) is 9.67. The Hall–Kier alpha value is -0.660. The molecule has 0 saturated heterocycles. The van der Waals surface area contributed by atoms with Crippen LogP contribution in [0.5, 0.6) is 0 Å². The molecule has 7 heteroatoms. The number of nitrogens with zero attached hydrogens (tertiary/aromatic N) is 1. The molecule has 0 fully saturated rings. The molecule has 1 rings (SSSR count). The van der Waals surface area contributed by atoms with Crippen molar-refractivity contribution in [3.05, 3.63) is 16.1 Å². The fourth-order valence-electron chi connectivity index (χ4n) is 1.35. The number of nitrogens with one attached hydrogen (secondary N) is 1. The molecule has 1 atom stereocenters. The molecule has 0 aliphatic rings. The van der Waals surface area contributed by atoms with Gasteiger partial charge in [0.2, 0.25) is 0 Å². The number of alkyl halides is 3. The molecule has 17 heavy (non-hydrogen) atoms. The molecule has 1 aromatic rings. The first kappa shape index (κ1) is 14.4. The Kier molecular flexibility index (Phi) is 5.35. The Labute approximate surface area is 102 Å². The summed E-state index contributed by atoms with van der Waals surface area (Å²) in [7, 11) is 1.71. The molecule has 1 N–H and O–H groups in total. The number of rotatable bonds is 6. The van der Waals surface area contributed by atoms with Crippen LogP contribution in [0.4, 0.5) is 13.2 Å². The van der Waals surface area contributed by atoms with Gasteiger partial charge in [-0.25, -0.2) is 4.98 Å². The summed E-state index contributed by atoms with van der Waals surface area (Å²) in [5.74, 6) is 0. The third-order valence-corrected chi connectivity index (χ3v) is 3.37. The molecule has 3 nitrogen and oxygen atoms in total. The van der Waals surface area contributed by atoms with Crippen molar-refractivity contribution in [2.24, 2.45) is 0 Å². The van der Waals surface area contributed by atoms with E-state index in [4.69, 9.17) is 4.74 Å². The summed E-state index contributed by atoms with van der Waals surface area (Å²) in [4.78, 5) is 3.98. The topological polar surface area (TPSA) is 34.1 Å². The summed E-state index contributed by atoms with van der Waals surface area (Å²) in [6, 6.07) is -0.143. The molecule has 0 radical (unpaired) electrons. The van der Waals surface area contributed by atoms with Crippen LogP contribution < -0.4 is 5.32 Å². The van der Waals surface area contributed by atoms with E-state index in [1.54, 1.807) is 7.05 Å². The Morgan fingerprint density at radius 3 is 2.71 bits per heavy atom. The van der Waals surface area contributed by atoms with E-state index < -0.39 is 11.2 Å². The normalized spacial score (nSPS) is 13.9. The second kappa shape index (κ2) is 6.32. The molecule has 98 valence electrons. The van der Waals surface area contributed by atoms with Gasteiger partial charge in [-0.3, -0.25) is 0 Å². The van der Waals surface area contributed by atoms with E-state index >= 15 is 0 Å². The SMILES string of the molecule is CCOCCC(NC)c1cnc(C(F)(F)F)s1. The number of hydrogen-bond acceptors (Lipinski definition) is 4. The zero-order valence-corrected chi connectivity index (χ0v) is 10.5. The Morgan fingerprint density at radius 1 is 1.53 bits per heavy atom. The van der Waals surface area contributed by atoms with Crippen molar-refractivity contribution in [1.29, 1.82) is 0 Å². The van der Waals surface area contributed by atoms with E-state index in [1.165, 1.54) is 6.20 Å². The van der Waals surface area contributed by atoms with Crippen LogP contribution in [0, 0.1) is 0 Å². The number of ether oxygens (including phenoxy) is 1. The van der Waals surface area contributed by atoms with Crippen LogP contribution in [0.2, 0.25) is 0 Å². The maximum atomic E-state index is 12.4. The average molecular weight is 268 g/mol. The van der Waals surface area contributed by atoms with Crippen molar-refractivity contribution in [1.82, 2.24) is 10.3 Å². The molecule has 0 aliphatic carbocycles. The highest BCUT2D eigenvalue weighted by atomic mass is 32.1. The van der Waals surface area contributed by atoms with Crippen molar-refractivity contribution in [2.75, 3.05) is 20.3 Å². The molecule has 0 saturated carbocycles. The predicted molar refractivity (Wildman–Crippen MR) is 60.0 cm³/mol. The van der Waals surface area contributed by atoms with Gasteiger partial charge in [0.1, 0.15) is 0 Å². The molecular weight excluding hydrogens is 253 g/mol. The summed E-state index contributed by atoms with van der Waals surface area (Å²) < 4.78 is 42.3. The first-order chi connectivity index (χ1) is 7.99. The molecular formula is C10H15F3N2OS. The smallest absolute Gasteiger partial charge is 0.382 e. The summed E-state index contributed by atoms with van der Waals surface area (Å²) in [5.41, 5.74) is 0. The van der Waals surface area contributed by atoms with Gasteiger partial charge in [-0.05, 0) is 20.4 Å². The number of halogens is 3. The second-order valence-electron chi connectivity index (χ2n) is 3.39. The van der Waals surface area contributed by atoms with Crippen molar-refractivity contribution < 1.29 is 17.9 Å². The second-order valence-corrected chi connectivity index (χ2v) is 4.45. The van der Waals surface area contributed by atoms with Gasteiger partial charge < -0.3 is 10.1 Å². The lowest BCUT2D eigenvalue weighted by molar-refractivity contribution is -0.137. The van der Waals surface area contributed by atoms with Crippen LogP contribution in [0.1, 0.15) is 29.3 Å². The van der Waals surface area contributed by atoms with Gasteiger partial charge in [0.05, 0.1) is 0 Å². The van der Waals surface area contributed by atoms with Crippen LogP contribution in [-0.2, 0) is 10.9 Å². The molecule has 0 aromatic carbocycles. The van der Waals surface area contributed by atoms with Gasteiger partial charge in [-0.2, -0.15) is 13.2 Å². The minimum absolute atomic E-state index is 0.143. The number of thiazole rings is 1. The maximum absolute atomic E-state index is 12.4. The molecule has 0 aliphatic heterocycles. The molecule has 1 unspecified atom stereocenters. The van der Waals surface area contributed by atoms with Gasteiger partial charge in [0.15, 0.2) is 5.01 Å². The fourth-order valence-corrected chi connectivity index (χ4v) is 2.28. The van der Waals surface area contributed by atoms with Gasteiger partial charge in [-0.15, -0.1) is 11.3 Å². The fraction of sp³-hybridized carbons (Fsp3) is 0.700. The van der Waals surface area contributed by atoms with Gasteiger partial charge in [0.25, 0.3) is 0 Å². The quantitative estimate of drug-likeness (QED) is 0.806.